The average Bonchev–Trinajstić information content (AvgIpc) is 2.78. The number of nitrogens with zero attached hydrogens (tertiary/aromatic N) is 2. The first kappa shape index (κ1) is 15.4. The molecular formula is C16H16F3N3O2. The monoisotopic (exact) mass is 339 g/mol. The van der Waals surface area contributed by atoms with Crippen molar-refractivity contribution in [2.45, 2.75) is 24.6 Å². The summed E-state index contributed by atoms with van der Waals surface area (Å²) >= 11 is 0. The molecular weight excluding hydrogens is 323 g/mol. The van der Waals surface area contributed by atoms with Crippen LogP contribution in [0, 0.1) is 5.92 Å². The highest BCUT2D eigenvalue weighted by molar-refractivity contribution is 6.23. The van der Waals surface area contributed by atoms with Crippen molar-refractivity contribution in [1.82, 2.24) is 10.2 Å². The van der Waals surface area contributed by atoms with E-state index in [4.69, 9.17) is 0 Å². The van der Waals surface area contributed by atoms with Gasteiger partial charge >= 0.3 is 12.2 Å². The van der Waals surface area contributed by atoms with Gasteiger partial charge in [0.1, 0.15) is 5.54 Å². The van der Waals surface area contributed by atoms with Crippen LogP contribution in [0.3, 0.4) is 0 Å². The van der Waals surface area contributed by atoms with Gasteiger partial charge in [0.05, 0.1) is 11.3 Å². The zero-order chi connectivity index (χ0) is 17.1. The Morgan fingerprint density at radius 1 is 1.17 bits per heavy atom. The van der Waals surface area contributed by atoms with E-state index in [-0.39, 0.29) is 11.6 Å². The highest BCUT2D eigenvalue weighted by Gasteiger charge is 2.60. The van der Waals surface area contributed by atoms with Crippen LogP contribution in [-0.4, -0.2) is 42.0 Å². The Kier molecular flexibility index (Phi) is 3.19. The minimum Gasteiger partial charge on any atom is -0.321 e. The first-order chi connectivity index (χ1) is 11.3. The molecule has 4 fully saturated rings. The van der Waals surface area contributed by atoms with Gasteiger partial charge in [-0.3, -0.25) is 4.79 Å². The van der Waals surface area contributed by atoms with E-state index in [1.807, 2.05) is 0 Å². The summed E-state index contributed by atoms with van der Waals surface area (Å²) in [5, 5.41) is 2.77. The number of piperidine rings is 3. The molecule has 1 aromatic rings. The Labute approximate surface area is 136 Å². The quantitative estimate of drug-likeness (QED) is 0.799. The molecule has 1 spiro atoms. The number of hydrogen-bond donors (Lipinski definition) is 1. The number of anilines is 1. The molecule has 0 aliphatic carbocycles. The van der Waals surface area contributed by atoms with Crippen molar-refractivity contribution < 1.29 is 22.8 Å². The zero-order valence-electron chi connectivity index (χ0n) is 12.8. The van der Waals surface area contributed by atoms with Crippen LogP contribution < -0.4 is 10.2 Å². The second-order valence-corrected chi connectivity index (χ2v) is 6.64. The van der Waals surface area contributed by atoms with E-state index in [9.17, 15) is 22.8 Å². The van der Waals surface area contributed by atoms with E-state index in [0.717, 1.165) is 43.0 Å². The Balaban J connectivity index is 1.70. The third-order valence-corrected chi connectivity index (χ3v) is 5.31. The summed E-state index contributed by atoms with van der Waals surface area (Å²) < 4.78 is 38.7. The lowest BCUT2D eigenvalue weighted by molar-refractivity contribution is -0.137. The molecule has 1 atom stereocenters. The lowest BCUT2D eigenvalue weighted by Gasteiger charge is -2.49. The molecule has 1 unspecified atom stereocenters. The highest BCUT2D eigenvalue weighted by atomic mass is 19.4. The molecule has 128 valence electrons. The number of benzene rings is 1. The molecule has 5 rings (SSSR count). The van der Waals surface area contributed by atoms with E-state index in [2.05, 4.69) is 10.2 Å². The van der Waals surface area contributed by atoms with Crippen LogP contribution in [0.1, 0.15) is 18.4 Å². The van der Waals surface area contributed by atoms with Crippen LogP contribution in [0.5, 0.6) is 0 Å². The fraction of sp³-hybridized carbons (Fsp3) is 0.500. The van der Waals surface area contributed by atoms with Gasteiger partial charge in [0.2, 0.25) is 0 Å². The topological polar surface area (TPSA) is 52.7 Å². The van der Waals surface area contributed by atoms with Gasteiger partial charge in [-0.1, -0.05) is 6.07 Å². The van der Waals surface area contributed by atoms with Gasteiger partial charge in [0.15, 0.2) is 0 Å². The number of imide groups is 1. The molecule has 2 bridgehead atoms. The number of alkyl halides is 3. The number of urea groups is 1. The Morgan fingerprint density at radius 2 is 1.88 bits per heavy atom. The van der Waals surface area contributed by atoms with Crippen molar-refractivity contribution in [2.75, 3.05) is 24.5 Å². The summed E-state index contributed by atoms with van der Waals surface area (Å²) in [5.74, 6) is -0.407. The normalized spacial score (nSPS) is 32.5. The maximum Gasteiger partial charge on any atom is 0.416 e. The summed E-state index contributed by atoms with van der Waals surface area (Å²) in [7, 11) is 0. The zero-order valence-corrected chi connectivity index (χ0v) is 12.8. The summed E-state index contributed by atoms with van der Waals surface area (Å²) in [6.07, 6.45) is -2.91. The number of carbonyl (C=O) groups excluding carboxylic acids is 2. The fourth-order valence-electron chi connectivity index (χ4n) is 4.10. The summed E-state index contributed by atoms with van der Waals surface area (Å²) in [5.41, 5.74) is -1.92. The molecule has 0 aromatic heterocycles. The van der Waals surface area contributed by atoms with E-state index in [1.165, 1.54) is 12.1 Å². The highest BCUT2D eigenvalue weighted by Crippen LogP contribution is 2.41. The predicted octanol–water partition coefficient (Wildman–Crippen LogP) is 2.23. The lowest BCUT2D eigenvalue weighted by atomic mass is 9.72. The van der Waals surface area contributed by atoms with Gasteiger partial charge in [-0.15, -0.1) is 0 Å². The van der Waals surface area contributed by atoms with Crippen molar-refractivity contribution in [3.63, 3.8) is 0 Å². The van der Waals surface area contributed by atoms with Crippen molar-refractivity contribution in [3.05, 3.63) is 29.8 Å². The molecule has 0 saturated carbocycles. The molecule has 4 aliphatic rings. The fourth-order valence-corrected chi connectivity index (χ4v) is 4.10. The SMILES string of the molecule is O=C1NC2(CN3CCC2CC3)C(=O)N1c1cccc(C(F)(F)F)c1. The van der Waals surface area contributed by atoms with Gasteiger partial charge < -0.3 is 10.2 Å². The molecule has 4 heterocycles. The maximum absolute atomic E-state index is 13.0. The maximum atomic E-state index is 13.0. The minimum atomic E-state index is -4.53. The molecule has 24 heavy (non-hydrogen) atoms. The number of hydrogen-bond acceptors (Lipinski definition) is 3. The van der Waals surface area contributed by atoms with Crippen LogP contribution in [0.25, 0.3) is 0 Å². The van der Waals surface area contributed by atoms with Gasteiger partial charge in [-0.2, -0.15) is 13.2 Å². The van der Waals surface area contributed by atoms with Gasteiger partial charge in [0, 0.05) is 6.54 Å². The third kappa shape index (κ3) is 2.12. The number of carbonyl (C=O) groups is 2. The van der Waals surface area contributed by atoms with Crippen LogP contribution >= 0.6 is 0 Å². The third-order valence-electron chi connectivity index (χ3n) is 5.31. The van der Waals surface area contributed by atoms with E-state index in [0.29, 0.717) is 6.54 Å². The van der Waals surface area contributed by atoms with Gasteiger partial charge in [0.25, 0.3) is 5.91 Å². The molecule has 4 aliphatic heterocycles. The number of nitrogens with one attached hydrogen (secondary N) is 1. The van der Waals surface area contributed by atoms with Crippen molar-refractivity contribution in [2.24, 2.45) is 5.92 Å². The standard InChI is InChI=1S/C16H16F3N3O2/c17-16(18,19)11-2-1-3-12(8-11)22-13(23)15(20-14(22)24)9-21-6-4-10(15)5-7-21/h1-3,8,10H,4-7,9H2,(H,20,24). The van der Waals surface area contributed by atoms with E-state index >= 15 is 0 Å². The molecule has 1 N–H and O–H groups in total. The summed E-state index contributed by atoms with van der Waals surface area (Å²) in [6, 6.07) is 3.69. The largest absolute Gasteiger partial charge is 0.416 e. The smallest absolute Gasteiger partial charge is 0.321 e. The van der Waals surface area contributed by atoms with Crippen molar-refractivity contribution >= 4 is 17.6 Å². The Morgan fingerprint density at radius 3 is 2.46 bits per heavy atom. The average molecular weight is 339 g/mol. The first-order valence-electron chi connectivity index (χ1n) is 7.87. The number of halogens is 3. The number of fused-ring (bicyclic) bond motifs is 2. The summed E-state index contributed by atoms with van der Waals surface area (Å²) in [4.78, 5) is 28.3. The second-order valence-electron chi connectivity index (χ2n) is 6.64. The number of rotatable bonds is 1. The van der Waals surface area contributed by atoms with Crippen LogP contribution in [-0.2, 0) is 11.0 Å². The minimum absolute atomic E-state index is 0.0368. The van der Waals surface area contributed by atoms with Crippen molar-refractivity contribution in [1.29, 1.82) is 0 Å². The first-order valence-corrected chi connectivity index (χ1v) is 7.87. The Hall–Kier alpha value is -2.09. The lowest BCUT2D eigenvalue weighted by Crippen LogP contribution is -2.67. The molecule has 8 heteroatoms. The molecule has 0 radical (unpaired) electrons. The van der Waals surface area contributed by atoms with Crippen LogP contribution in [0.4, 0.5) is 23.7 Å². The number of amides is 3. The van der Waals surface area contributed by atoms with Crippen molar-refractivity contribution in [3.8, 4) is 0 Å². The van der Waals surface area contributed by atoms with Crippen LogP contribution in [0.15, 0.2) is 24.3 Å². The summed E-state index contributed by atoms with van der Waals surface area (Å²) in [6.45, 7) is 2.20. The van der Waals surface area contributed by atoms with E-state index in [1.54, 1.807) is 0 Å². The molecule has 4 saturated heterocycles. The predicted molar refractivity (Wildman–Crippen MR) is 79.4 cm³/mol. The van der Waals surface area contributed by atoms with Crippen LogP contribution in [0.2, 0.25) is 0 Å². The van der Waals surface area contributed by atoms with E-state index < -0.39 is 29.2 Å². The Bertz CT molecular complexity index is 713. The molecule has 3 amide bonds. The second kappa shape index (κ2) is 4.95. The molecule has 5 nitrogen and oxygen atoms in total. The molecule has 1 aromatic carbocycles. The van der Waals surface area contributed by atoms with Gasteiger partial charge in [-0.05, 0) is 50.0 Å². The van der Waals surface area contributed by atoms with Gasteiger partial charge in [-0.25, -0.2) is 9.69 Å².